The largest absolute Gasteiger partial charge is 0.462 e. The summed E-state index contributed by atoms with van der Waals surface area (Å²) in [7, 11) is 0. The van der Waals surface area contributed by atoms with Gasteiger partial charge in [0.05, 0.1) is 6.61 Å². The van der Waals surface area contributed by atoms with Crippen molar-refractivity contribution >= 4 is 38.7 Å². The zero-order valence-corrected chi connectivity index (χ0v) is 13.4. The Kier molecular flexibility index (Phi) is 3.85. The molecule has 2 N–H and O–H groups in total. The van der Waals surface area contributed by atoms with E-state index in [1.165, 1.54) is 6.07 Å². The van der Waals surface area contributed by atoms with Gasteiger partial charge in [0.1, 0.15) is 11.1 Å². The average Bonchev–Trinajstić information content (AvgIpc) is 2.90. The SMILES string of the molecule is CCOC(=O)c1cc(N)cc2nc(-c3cccc(Br)c3)oc12. The predicted molar refractivity (Wildman–Crippen MR) is 87.5 cm³/mol. The molecule has 0 saturated carbocycles. The van der Waals surface area contributed by atoms with Gasteiger partial charge in [-0.1, -0.05) is 22.0 Å². The summed E-state index contributed by atoms with van der Waals surface area (Å²) in [5, 5.41) is 0. The topological polar surface area (TPSA) is 78.4 Å². The number of rotatable bonds is 3. The number of nitrogens with two attached hydrogens (primary N) is 1. The highest BCUT2D eigenvalue weighted by Gasteiger charge is 2.18. The third kappa shape index (κ3) is 2.69. The highest BCUT2D eigenvalue weighted by Crippen LogP contribution is 2.30. The van der Waals surface area contributed by atoms with Crippen LogP contribution in [-0.2, 0) is 4.74 Å². The molecule has 1 heterocycles. The van der Waals surface area contributed by atoms with E-state index in [4.69, 9.17) is 14.9 Å². The smallest absolute Gasteiger partial charge is 0.342 e. The van der Waals surface area contributed by atoms with E-state index in [9.17, 15) is 4.79 Å². The molecule has 5 nitrogen and oxygen atoms in total. The van der Waals surface area contributed by atoms with Crippen molar-refractivity contribution in [2.45, 2.75) is 6.92 Å². The van der Waals surface area contributed by atoms with E-state index >= 15 is 0 Å². The number of carbonyl (C=O) groups excluding carboxylic acids is 1. The van der Waals surface area contributed by atoms with Crippen LogP contribution in [0.4, 0.5) is 5.69 Å². The molecular formula is C16H13BrN2O3. The first-order valence-corrected chi connectivity index (χ1v) is 7.51. The number of nitrogens with zero attached hydrogens (tertiary/aromatic N) is 1. The number of halogens is 1. The summed E-state index contributed by atoms with van der Waals surface area (Å²) in [5.74, 6) is -0.0517. The van der Waals surface area contributed by atoms with Crippen molar-refractivity contribution < 1.29 is 13.9 Å². The number of hydrogen-bond acceptors (Lipinski definition) is 5. The van der Waals surface area contributed by atoms with Crippen molar-refractivity contribution in [3.05, 3.63) is 46.4 Å². The lowest BCUT2D eigenvalue weighted by Gasteiger charge is -2.02. The standard InChI is InChI=1S/C16H13BrN2O3/c1-2-21-16(20)12-7-11(18)8-13-14(12)22-15(19-13)9-4-3-5-10(17)6-9/h3-8H,2,18H2,1H3. The maximum absolute atomic E-state index is 12.0. The number of esters is 1. The minimum Gasteiger partial charge on any atom is -0.462 e. The van der Waals surface area contributed by atoms with Gasteiger partial charge in [0.15, 0.2) is 5.58 Å². The zero-order chi connectivity index (χ0) is 15.7. The Morgan fingerprint density at radius 2 is 2.18 bits per heavy atom. The van der Waals surface area contributed by atoms with Crippen molar-refractivity contribution in [2.24, 2.45) is 0 Å². The van der Waals surface area contributed by atoms with E-state index in [1.807, 2.05) is 24.3 Å². The first-order chi connectivity index (χ1) is 10.6. The quantitative estimate of drug-likeness (QED) is 0.563. The van der Waals surface area contributed by atoms with Gasteiger partial charge >= 0.3 is 5.97 Å². The van der Waals surface area contributed by atoms with Gasteiger partial charge in [-0.2, -0.15) is 0 Å². The normalized spacial score (nSPS) is 10.8. The molecule has 1 aromatic heterocycles. The van der Waals surface area contributed by atoms with Crippen molar-refractivity contribution in [2.75, 3.05) is 12.3 Å². The van der Waals surface area contributed by atoms with Gasteiger partial charge in [0, 0.05) is 15.7 Å². The van der Waals surface area contributed by atoms with Gasteiger partial charge in [-0.05, 0) is 37.3 Å². The lowest BCUT2D eigenvalue weighted by atomic mass is 10.2. The summed E-state index contributed by atoms with van der Waals surface area (Å²) in [6.45, 7) is 2.02. The molecule has 0 aliphatic rings. The molecule has 0 atom stereocenters. The molecule has 0 saturated heterocycles. The fourth-order valence-electron chi connectivity index (χ4n) is 2.16. The lowest BCUT2D eigenvalue weighted by molar-refractivity contribution is 0.0527. The molecule has 22 heavy (non-hydrogen) atoms. The summed E-state index contributed by atoms with van der Waals surface area (Å²) in [6, 6.07) is 10.8. The Morgan fingerprint density at radius 3 is 2.91 bits per heavy atom. The number of aromatic nitrogens is 1. The Hall–Kier alpha value is -2.34. The van der Waals surface area contributed by atoms with Crippen molar-refractivity contribution in [1.29, 1.82) is 0 Å². The molecule has 0 amide bonds. The number of oxazole rings is 1. The third-order valence-electron chi connectivity index (χ3n) is 3.08. The second-order valence-corrected chi connectivity index (χ2v) is 5.58. The van der Waals surface area contributed by atoms with Crippen LogP contribution in [0, 0.1) is 0 Å². The molecule has 0 aliphatic carbocycles. The predicted octanol–water partition coefficient (Wildman–Crippen LogP) is 4.02. The first-order valence-electron chi connectivity index (χ1n) is 6.71. The number of carbonyl (C=O) groups is 1. The molecule has 2 aromatic carbocycles. The third-order valence-corrected chi connectivity index (χ3v) is 3.57. The minimum absolute atomic E-state index is 0.280. The van der Waals surface area contributed by atoms with Crippen LogP contribution in [0.5, 0.6) is 0 Å². The van der Waals surface area contributed by atoms with Gasteiger partial charge in [-0.15, -0.1) is 0 Å². The van der Waals surface area contributed by atoms with Crippen LogP contribution in [0.1, 0.15) is 17.3 Å². The summed E-state index contributed by atoms with van der Waals surface area (Å²) in [5.41, 5.74) is 8.26. The van der Waals surface area contributed by atoms with Gasteiger partial charge in [-0.3, -0.25) is 0 Å². The lowest BCUT2D eigenvalue weighted by Crippen LogP contribution is -2.05. The first kappa shape index (κ1) is 14.6. The maximum Gasteiger partial charge on any atom is 0.342 e. The van der Waals surface area contributed by atoms with E-state index in [0.717, 1.165) is 10.0 Å². The van der Waals surface area contributed by atoms with Crippen LogP contribution >= 0.6 is 15.9 Å². The zero-order valence-electron chi connectivity index (χ0n) is 11.8. The molecule has 3 rings (SSSR count). The van der Waals surface area contributed by atoms with Gasteiger partial charge < -0.3 is 14.9 Å². The molecule has 3 aromatic rings. The van der Waals surface area contributed by atoms with Gasteiger partial charge in [0.25, 0.3) is 0 Å². The average molecular weight is 361 g/mol. The van der Waals surface area contributed by atoms with Crippen LogP contribution in [-0.4, -0.2) is 17.6 Å². The number of benzene rings is 2. The van der Waals surface area contributed by atoms with E-state index < -0.39 is 5.97 Å². The Balaban J connectivity index is 2.17. The fourth-order valence-corrected chi connectivity index (χ4v) is 2.56. The van der Waals surface area contributed by atoms with E-state index in [-0.39, 0.29) is 12.2 Å². The van der Waals surface area contributed by atoms with Crippen LogP contribution < -0.4 is 5.73 Å². The molecular weight excluding hydrogens is 348 g/mol. The van der Waals surface area contributed by atoms with E-state index in [0.29, 0.717) is 22.7 Å². The molecule has 0 spiro atoms. The molecule has 0 radical (unpaired) electrons. The van der Waals surface area contributed by atoms with Gasteiger partial charge in [-0.25, -0.2) is 9.78 Å². The number of ether oxygens (including phenoxy) is 1. The Morgan fingerprint density at radius 1 is 1.36 bits per heavy atom. The molecule has 6 heteroatoms. The molecule has 0 aliphatic heterocycles. The van der Waals surface area contributed by atoms with Crippen molar-refractivity contribution in [3.8, 4) is 11.5 Å². The summed E-state index contributed by atoms with van der Waals surface area (Å²) < 4.78 is 11.7. The summed E-state index contributed by atoms with van der Waals surface area (Å²) >= 11 is 3.41. The number of hydrogen-bond donors (Lipinski definition) is 1. The molecule has 112 valence electrons. The highest BCUT2D eigenvalue weighted by atomic mass is 79.9. The van der Waals surface area contributed by atoms with Crippen LogP contribution in [0.3, 0.4) is 0 Å². The Labute approximate surface area is 135 Å². The minimum atomic E-state index is -0.475. The molecule has 0 bridgehead atoms. The summed E-state index contributed by atoms with van der Waals surface area (Å²) in [6.07, 6.45) is 0. The monoisotopic (exact) mass is 360 g/mol. The van der Waals surface area contributed by atoms with Crippen LogP contribution in [0.2, 0.25) is 0 Å². The Bertz CT molecular complexity index is 858. The number of nitrogen functional groups attached to an aromatic ring is 1. The maximum atomic E-state index is 12.0. The number of anilines is 1. The van der Waals surface area contributed by atoms with E-state index in [2.05, 4.69) is 20.9 Å². The second-order valence-electron chi connectivity index (χ2n) is 4.67. The number of fused-ring (bicyclic) bond motifs is 1. The van der Waals surface area contributed by atoms with Crippen molar-refractivity contribution in [3.63, 3.8) is 0 Å². The fraction of sp³-hybridized carbons (Fsp3) is 0.125. The van der Waals surface area contributed by atoms with Crippen LogP contribution in [0.15, 0.2) is 45.3 Å². The van der Waals surface area contributed by atoms with Gasteiger partial charge in [0.2, 0.25) is 5.89 Å². The van der Waals surface area contributed by atoms with Crippen LogP contribution in [0.25, 0.3) is 22.6 Å². The van der Waals surface area contributed by atoms with E-state index in [1.54, 1.807) is 13.0 Å². The van der Waals surface area contributed by atoms with Crippen molar-refractivity contribution in [1.82, 2.24) is 4.98 Å². The molecule has 0 unspecified atom stereocenters. The second kappa shape index (κ2) is 5.81. The molecule has 0 fully saturated rings. The highest BCUT2D eigenvalue weighted by molar-refractivity contribution is 9.10. The summed E-state index contributed by atoms with van der Waals surface area (Å²) in [4.78, 5) is 16.5.